The van der Waals surface area contributed by atoms with Crippen molar-refractivity contribution < 1.29 is 0 Å². The Morgan fingerprint density at radius 2 is 2.12 bits per heavy atom. The fourth-order valence-electron chi connectivity index (χ4n) is 1.68. The molecule has 0 amide bonds. The van der Waals surface area contributed by atoms with E-state index in [0.29, 0.717) is 5.69 Å². The van der Waals surface area contributed by atoms with Crippen molar-refractivity contribution in [2.24, 2.45) is 0 Å². The summed E-state index contributed by atoms with van der Waals surface area (Å²) in [7, 11) is 0. The van der Waals surface area contributed by atoms with E-state index in [4.69, 9.17) is 0 Å². The van der Waals surface area contributed by atoms with Crippen molar-refractivity contribution in [2.75, 3.05) is 11.9 Å². The number of aromatic amines is 1. The Bertz CT molecular complexity index is 531. The maximum Gasteiger partial charge on any atom is 0.271 e. The molecule has 1 aromatic carbocycles. The van der Waals surface area contributed by atoms with Gasteiger partial charge >= 0.3 is 0 Å². The highest BCUT2D eigenvalue weighted by molar-refractivity contribution is 5.81. The minimum absolute atomic E-state index is 0.0465. The van der Waals surface area contributed by atoms with Gasteiger partial charge in [-0.15, -0.1) is 0 Å². The van der Waals surface area contributed by atoms with Crippen molar-refractivity contribution in [1.29, 1.82) is 0 Å². The number of para-hydroxylation sites is 1. The molecule has 0 bridgehead atoms. The number of rotatable bonds is 4. The lowest BCUT2D eigenvalue weighted by atomic mass is 10.2. The molecule has 0 unspecified atom stereocenters. The third-order valence-electron chi connectivity index (χ3n) is 2.60. The van der Waals surface area contributed by atoms with Crippen LogP contribution in [0.3, 0.4) is 0 Å². The molecule has 0 fully saturated rings. The van der Waals surface area contributed by atoms with Gasteiger partial charge in [-0.3, -0.25) is 4.79 Å². The monoisotopic (exact) mass is 216 g/mol. The van der Waals surface area contributed by atoms with Crippen molar-refractivity contribution in [3.63, 3.8) is 0 Å². The second kappa shape index (κ2) is 4.84. The Morgan fingerprint density at radius 1 is 1.31 bits per heavy atom. The van der Waals surface area contributed by atoms with Gasteiger partial charge in [0, 0.05) is 17.4 Å². The molecule has 1 aromatic heterocycles. The molecule has 0 spiro atoms. The highest BCUT2D eigenvalue weighted by Crippen LogP contribution is 2.12. The first-order valence-electron chi connectivity index (χ1n) is 5.67. The number of pyridine rings is 1. The van der Waals surface area contributed by atoms with Crippen molar-refractivity contribution in [2.45, 2.75) is 19.8 Å². The van der Waals surface area contributed by atoms with Crippen LogP contribution in [-0.2, 0) is 0 Å². The fourth-order valence-corrected chi connectivity index (χ4v) is 1.68. The van der Waals surface area contributed by atoms with Gasteiger partial charge < -0.3 is 10.3 Å². The lowest BCUT2D eigenvalue weighted by molar-refractivity contribution is 0.833. The highest BCUT2D eigenvalue weighted by Gasteiger charge is 2.00. The standard InChI is InChI=1S/C13H16N2O/c1-2-3-8-14-12-9-10-6-4-5-7-11(10)15-13(12)16/h4-7,9,14H,2-3,8H2,1H3,(H,15,16). The molecule has 16 heavy (non-hydrogen) atoms. The number of aromatic nitrogens is 1. The average Bonchev–Trinajstić information content (AvgIpc) is 2.30. The molecule has 2 rings (SSSR count). The summed E-state index contributed by atoms with van der Waals surface area (Å²) in [6.45, 7) is 2.98. The molecule has 2 aromatic rings. The van der Waals surface area contributed by atoms with Crippen LogP contribution in [0, 0.1) is 0 Å². The summed E-state index contributed by atoms with van der Waals surface area (Å²) < 4.78 is 0. The summed E-state index contributed by atoms with van der Waals surface area (Å²) >= 11 is 0. The second-order valence-electron chi connectivity index (χ2n) is 3.88. The first-order chi connectivity index (χ1) is 7.81. The zero-order valence-corrected chi connectivity index (χ0v) is 9.42. The van der Waals surface area contributed by atoms with Gasteiger partial charge in [-0.05, 0) is 18.6 Å². The summed E-state index contributed by atoms with van der Waals surface area (Å²) in [5, 5.41) is 4.22. The summed E-state index contributed by atoms with van der Waals surface area (Å²) in [6.07, 6.45) is 2.20. The van der Waals surface area contributed by atoms with Gasteiger partial charge in [-0.2, -0.15) is 0 Å². The quantitative estimate of drug-likeness (QED) is 0.772. The summed E-state index contributed by atoms with van der Waals surface area (Å²) in [6, 6.07) is 9.70. The van der Waals surface area contributed by atoms with Crippen LogP contribution < -0.4 is 10.9 Å². The van der Waals surface area contributed by atoms with Crippen LogP contribution in [0.1, 0.15) is 19.8 Å². The average molecular weight is 216 g/mol. The van der Waals surface area contributed by atoms with Crippen molar-refractivity contribution in [3.05, 3.63) is 40.7 Å². The van der Waals surface area contributed by atoms with Crippen LogP contribution in [0.15, 0.2) is 35.1 Å². The first kappa shape index (κ1) is 10.7. The van der Waals surface area contributed by atoms with E-state index >= 15 is 0 Å². The van der Waals surface area contributed by atoms with Crippen LogP contribution in [0.25, 0.3) is 10.9 Å². The van der Waals surface area contributed by atoms with Gasteiger partial charge in [0.25, 0.3) is 5.56 Å². The minimum Gasteiger partial charge on any atom is -0.381 e. The van der Waals surface area contributed by atoms with E-state index in [1.54, 1.807) is 0 Å². The first-order valence-corrected chi connectivity index (χ1v) is 5.67. The molecule has 0 saturated carbocycles. The van der Waals surface area contributed by atoms with E-state index in [1.807, 2.05) is 30.3 Å². The van der Waals surface area contributed by atoms with Crippen molar-refractivity contribution in [1.82, 2.24) is 4.98 Å². The van der Waals surface area contributed by atoms with Crippen LogP contribution in [0.4, 0.5) is 5.69 Å². The van der Waals surface area contributed by atoms with E-state index < -0.39 is 0 Å². The molecule has 3 heteroatoms. The smallest absolute Gasteiger partial charge is 0.271 e. The van der Waals surface area contributed by atoms with Gasteiger partial charge in [-0.25, -0.2) is 0 Å². The number of nitrogens with one attached hydrogen (secondary N) is 2. The number of hydrogen-bond acceptors (Lipinski definition) is 2. The lowest BCUT2D eigenvalue weighted by Gasteiger charge is -2.05. The predicted octanol–water partition coefficient (Wildman–Crippen LogP) is 2.74. The minimum atomic E-state index is -0.0465. The van der Waals surface area contributed by atoms with Crippen molar-refractivity contribution in [3.8, 4) is 0 Å². The number of H-pyrrole nitrogens is 1. The number of anilines is 1. The number of benzene rings is 1. The van der Waals surface area contributed by atoms with Gasteiger partial charge in [0.05, 0.1) is 0 Å². The Balaban J connectivity index is 2.31. The van der Waals surface area contributed by atoms with Crippen LogP contribution in [0.2, 0.25) is 0 Å². The maximum atomic E-state index is 11.7. The van der Waals surface area contributed by atoms with E-state index in [9.17, 15) is 4.79 Å². The molecular formula is C13H16N2O. The molecule has 3 nitrogen and oxygen atoms in total. The lowest BCUT2D eigenvalue weighted by Crippen LogP contribution is -2.14. The van der Waals surface area contributed by atoms with E-state index in [0.717, 1.165) is 30.3 Å². The van der Waals surface area contributed by atoms with Gasteiger partial charge in [0.1, 0.15) is 5.69 Å². The van der Waals surface area contributed by atoms with E-state index in [2.05, 4.69) is 17.2 Å². The van der Waals surface area contributed by atoms with Gasteiger partial charge in [0.2, 0.25) is 0 Å². The Hall–Kier alpha value is -1.77. The molecule has 1 heterocycles. The molecule has 0 radical (unpaired) electrons. The van der Waals surface area contributed by atoms with Crippen LogP contribution in [0.5, 0.6) is 0 Å². The molecule has 0 aliphatic heterocycles. The molecule has 0 aliphatic rings. The SMILES string of the molecule is CCCCNc1cc2ccccc2[nH]c1=O. The third-order valence-corrected chi connectivity index (χ3v) is 2.60. The molecule has 2 N–H and O–H groups in total. The zero-order chi connectivity index (χ0) is 11.4. The maximum absolute atomic E-state index is 11.7. The molecule has 0 aliphatic carbocycles. The fraction of sp³-hybridized carbons (Fsp3) is 0.308. The second-order valence-corrected chi connectivity index (χ2v) is 3.88. The number of fused-ring (bicyclic) bond motifs is 1. The van der Waals surface area contributed by atoms with Gasteiger partial charge in [0.15, 0.2) is 0 Å². The zero-order valence-electron chi connectivity index (χ0n) is 9.42. The van der Waals surface area contributed by atoms with Crippen molar-refractivity contribution >= 4 is 16.6 Å². The molecular weight excluding hydrogens is 200 g/mol. The summed E-state index contributed by atoms with van der Waals surface area (Å²) in [5.41, 5.74) is 1.50. The molecule has 84 valence electrons. The summed E-state index contributed by atoms with van der Waals surface area (Å²) in [5.74, 6) is 0. The third kappa shape index (κ3) is 2.24. The van der Waals surface area contributed by atoms with E-state index in [-0.39, 0.29) is 5.56 Å². The normalized spacial score (nSPS) is 10.6. The van der Waals surface area contributed by atoms with Crippen LogP contribution in [-0.4, -0.2) is 11.5 Å². The summed E-state index contributed by atoms with van der Waals surface area (Å²) in [4.78, 5) is 14.6. The highest BCUT2D eigenvalue weighted by atomic mass is 16.1. The Kier molecular flexibility index (Phi) is 3.25. The van der Waals surface area contributed by atoms with E-state index in [1.165, 1.54) is 0 Å². The molecule has 0 saturated heterocycles. The topological polar surface area (TPSA) is 44.9 Å². The number of hydrogen-bond donors (Lipinski definition) is 2. The number of unbranched alkanes of at least 4 members (excludes halogenated alkanes) is 1. The Morgan fingerprint density at radius 3 is 2.94 bits per heavy atom. The molecule has 0 atom stereocenters. The Labute approximate surface area is 94.5 Å². The predicted molar refractivity (Wildman–Crippen MR) is 68.0 cm³/mol. The largest absolute Gasteiger partial charge is 0.381 e. The van der Waals surface area contributed by atoms with Crippen LogP contribution >= 0.6 is 0 Å². The van der Waals surface area contributed by atoms with Gasteiger partial charge in [-0.1, -0.05) is 31.5 Å².